The van der Waals surface area contributed by atoms with Crippen LogP contribution in [0.2, 0.25) is 0 Å². The molecule has 432 valence electrons. The molecule has 3 aromatic carbocycles. The molecule has 0 spiro atoms. The molecule has 0 saturated heterocycles. The van der Waals surface area contributed by atoms with Crippen molar-refractivity contribution in [2.45, 2.75) is 90.3 Å². The van der Waals surface area contributed by atoms with Crippen molar-refractivity contribution in [2.75, 3.05) is 85.8 Å². The van der Waals surface area contributed by atoms with Crippen molar-refractivity contribution >= 4 is 62.9 Å². The second kappa shape index (κ2) is 20.5. The van der Waals surface area contributed by atoms with Gasteiger partial charge in [0.2, 0.25) is 11.6 Å². The van der Waals surface area contributed by atoms with Crippen LogP contribution in [-0.2, 0) is 49.9 Å². The number of phenols is 3. The third-order valence-electron chi connectivity index (χ3n) is 16.7. The van der Waals surface area contributed by atoms with E-state index in [1.807, 2.05) is 0 Å². The Hall–Kier alpha value is -7.08. The molecule has 22 heteroatoms. The number of nitrogens with zero attached hydrogens (tertiary/aromatic N) is 4. The highest BCUT2D eigenvalue weighted by atomic mass is 16.4. The van der Waals surface area contributed by atoms with Crippen LogP contribution in [0.3, 0.4) is 0 Å². The van der Waals surface area contributed by atoms with Gasteiger partial charge in [-0.1, -0.05) is 34.6 Å². The quantitative estimate of drug-likeness (QED) is 0.0970. The molecule has 7 atom stereocenters. The second-order valence-electron chi connectivity index (χ2n) is 25.1. The van der Waals surface area contributed by atoms with E-state index in [1.165, 1.54) is 23.9 Å². The number of anilines is 2. The van der Waals surface area contributed by atoms with Crippen LogP contribution in [0.15, 0.2) is 46.4 Å². The zero-order valence-corrected chi connectivity index (χ0v) is 47.7. The van der Waals surface area contributed by atoms with Crippen LogP contribution in [0.4, 0.5) is 11.4 Å². The maximum atomic E-state index is 14.9. The Kier molecular flexibility index (Phi) is 15.1. The Morgan fingerprint density at radius 1 is 0.650 bits per heavy atom. The van der Waals surface area contributed by atoms with Gasteiger partial charge in [-0.2, -0.15) is 0 Å². The van der Waals surface area contributed by atoms with E-state index < -0.39 is 121 Å². The molecule has 0 radical (unpaired) electrons. The predicted octanol–water partition coefficient (Wildman–Crippen LogP) is 2.14. The van der Waals surface area contributed by atoms with E-state index in [0.717, 1.165) is 0 Å². The summed E-state index contributed by atoms with van der Waals surface area (Å²) in [7, 11) is 13.2. The first-order valence-corrected chi connectivity index (χ1v) is 26.6. The summed E-state index contributed by atoms with van der Waals surface area (Å²) in [6.45, 7) is 10.5. The Morgan fingerprint density at radius 2 is 1.18 bits per heavy atom. The molecule has 2 amide bonds. The number of rotatable bonds is 15. The molecule has 5 aliphatic carbocycles. The van der Waals surface area contributed by atoms with Crippen LogP contribution in [0.5, 0.6) is 17.2 Å². The number of ketones is 4. The van der Waals surface area contributed by atoms with Gasteiger partial charge in [-0.3, -0.25) is 38.6 Å². The lowest BCUT2D eigenvalue weighted by Gasteiger charge is -2.50. The summed E-state index contributed by atoms with van der Waals surface area (Å²) < 4.78 is 0. The van der Waals surface area contributed by atoms with E-state index in [-0.39, 0.29) is 89.8 Å². The number of fused-ring (bicyclic) bond motifs is 6. The summed E-state index contributed by atoms with van der Waals surface area (Å²) in [4.78, 5) is 90.6. The number of aromatic hydroxyl groups is 3. The van der Waals surface area contributed by atoms with Crippen LogP contribution in [0.25, 0.3) is 16.5 Å². The highest BCUT2D eigenvalue weighted by molar-refractivity contribution is 6.26. The summed E-state index contributed by atoms with van der Waals surface area (Å²) in [5.41, 5.74) is -0.992. The van der Waals surface area contributed by atoms with E-state index in [0.29, 0.717) is 34.4 Å². The summed E-state index contributed by atoms with van der Waals surface area (Å²) >= 11 is 0. The lowest BCUT2D eigenvalue weighted by molar-refractivity contribution is -0.153. The fourth-order valence-corrected chi connectivity index (χ4v) is 12.8. The molecule has 5 aliphatic rings. The van der Waals surface area contributed by atoms with Crippen molar-refractivity contribution in [1.82, 2.24) is 25.8 Å². The Labute approximate surface area is 464 Å². The van der Waals surface area contributed by atoms with Crippen molar-refractivity contribution in [3.05, 3.63) is 79.8 Å². The molecule has 1 fully saturated rings. The zero-order valence-electron chi connectivity index (χ0n) is 47.7. The Balaban J connectivity index is 1.05. The monoisotopic (exact) mass is 1110 g/mol. The van der Waals surface area contributed by atoms with E-state index in [4.69, 9.17) is 5.73 Å². The van der Waals surface area contributed by atoms with Crippen LogP contribution in [0, 0.1) is 28.6 Å². The van der Waals surface area contributed by atoms with Gasteiger partial charge in [0, 0.05) is 106 Å². The average molecular weight is 1110 g/mol. The van der Waals surface area contributed by atoms with Crippen molar-refractivity contribution in [3.8, 4) is 17.2 Å². The van der Waals surface area contributed by atoms with Crippen molar-refractivity contribution in [1.29, 1.82) is 0 Å². The minimum Gasteiger partial charge on any atom is -0.508 e. The molecular formula is C58H76N8O14. The summed E-state index contributed by atoms with van der Waals surface area (Å²) in [5, 5.41) is 105. The molecule has 80 heavy (non-hydrogen) atoms. The van der Waals surface area contributed by atoms with Gasteiger partial charge in [0.25, 0.3) is 11.8 Å². The summed E-state index contributed by atoms with van der Waals surface area (Å²) in [5.74, 6) is -14.1. The van der Waals surface area contributed by atoms with Gasteiger partial charge in [0.15, 0.2) is 22.8 Å². The first-order valence-electron chi connectivity index (χ1n) is 26.6. The third kappa shape index (κ3) is 9.32. The summed E-state index contributed by atoms with van der Waals surface area (Å²) in [6.07, 6.45) is -0.182. The van der Waals surface area contributed by atoms with Crippen molar-refractivity contribution in [3.63, 3.8) is 0 Å². The number of benzene rings is 3. The van der Waals surface area contributed by atoms with Gasteiger partial charge < -0.3 is 72.3 Å². The maximum Gasteiger partial charge on any atom is 0.258 e. The Morgan fingerprint density at radius 3 is 1.74 bits per heavy atom. The number of carbonyl (C=O) groups is 6. The Bertz CT molecular complexity index is 3290. The fraction of sp³-hybridized carbons (Fsp3) is 0.517. The molecule has 22 nitrogen and oxygen atoms in total. The highest BCUT2D eigenvalue weighted by Crippen LogP contribution is 2.55. The lowest BCUT2D eigenvalue weighted by Crippen LogP contribution is -2.65. The van der Waals surface area contributed by atoms with Gasteiger partial charge in [-0.15, -0.1) is 0 Å². The fourth-order valence-electron chi connectivity index (χ4n) is 12.8. The third-order valence-corrected chi connectivity index (χ3v) is 16.7. The number of amides is 2. The number of nitrogens with one attached hydrogen (secondary N) is 3. The number of Topliss-reactive ketones (excluding diaryl/α,β-unsaturated/α-hetero) is 4. The number of primary amides is 1. The lowest BCUT2D eigenvalue weighted by atomic mass is 9.57. The van der Waals surface area contributed by atoms with Gasteiger partial charge in [0.05, 0.1) is 28.6 Å². The number of phenolic OH excluding ortho intramolecular Hbond substituents is 3. The molecule has 0 aromatic heterocycles. The van der Waals surface area contributed by atoms with Crippen molar-refractivity contribution in [2.24, 2.45) is 34.3 Å². The van der Waals surface area contributed by atoms with E-state index in [9.17, 15) is 69.6 Å². The molecule has 0 bridgehead atoms. The molecule has 1 saturated carbocycles. The van der Waals surface area contributed by atoms with E-state index >= 15 is 0 Å². The first-order chi connectivity index (χ1) is 37.0. The minimum absolute atomic E-state index is 0.0415. The van der Waals surface area contributed by atoms with Crippen LogP contribution < -0.4 is 31.5 Å². The average Bonchev–Trinajstić information content (AvgIpc) is 3.41. The van der Waals surface area contributed by atoms with Gasteiger partial charge in [-0.25, -0.2) is 0 Å². The number of hydrogen-bond donors (Lipinski definition) is 12. The van der Waals surface area contributed by atoms with Gasteiger partial charge in [-0.05, 0) is 93.5 Å². The smallest absolute Gasteiger partial charge is 0.258 e. The van der Waals surface area contributed by atoms with Crippen molar-refractivity contribution < 1.29 is 69.6 Å². The standard InChI is InChI=1S/C58H76N8O14/c1-55(2,3)22-60-20-27-18-33(63(6)7)29-15-26-17-32-42(66(12)13)48(72)40(52(76)58(32,80)50(74)36(26)46(70)37(29)43(27)67)54(78)62-24-56(4,5)23-61-21-28-19-34(64(8)9)30-14-25-16-31-41(65(10)11)47(71)39(53(59)77)51(75)57(31,79)49(73)35(25)45(69)38(30)44(28)68/h15,18-19,25,31-32,41-42,60-61,67-70,75-76,79-80H,14,16-17,20-24H2,1-13H3,(H2,59,77)(H,62,78)/t25-,31-,32-,41+,42-,57-,58-/m0/s1. The van der Waals surface area contributed by atoms with Crippen LogP contribution in [-0.4, -0.2) is 185 Å². The van der Waals surface area contributed by atoms with Crippen LogP contribution >= 0.6 is 0 Å². The molecule has 3 aromatic rings. The zero-order chi connectivity index (χ0) is 59.5. The molecule has 0 heterocycles. The van der Waals surface area contributed by atoms with E-state index in [1.54, 1.807) is 84.1 Å². The normalized spacial score (nSPS) is 25.0. The first kappa shape index (κ1) is 59.1. The molecule has 8 rings (SSSR count). The maximum absolute atomic E-state index is 14.9. The molecule has 0 unspecified atom stereocenters. The van der Waals surface area contributed by atoms with Crippen LogP contribution in [0.1, 0.15) is 79.2 Å². The number of carbonyl (C=O) groups excluding carboxylic acids is 6. The minimum atomic E-state index is -2.87. The number of aliphatic hydroxyl groups excluding tert-OH is 3. The van der Waals surface area contributed by atoms with Gasteiger partial charge in [0.1, 0.15) is 45.7 Å². The number of nitrogens with two attached hydrogens (primary N) is 1. The SMILES string of the molecule is CN(C)c1cc(CNCC(C)(C)CNC(=O)C2=C(O)[C@@]3(O)C(=O)c4c(cc5c(N(C)C)cc(CNCC(C)(C)C)c(O)c5c4O)C[C@H]3[C@H](N(C)C)C2=O)c(O)c2c1C[C@H]1C[C@H]3[C@@H](N(C)C)C(=O)C(C(N)=O)=C(O)[C@@]3(O)C(=O)C1=C2O. The summed E-state index contributed by atoms with van der Waals surface area (Å²) in [6, 6.07) is 2.60. The van der Waals surface area contributed by atoms with E-state index in [2.05, 4.69) is 36.7 Å². The number of aliphatic hydroxyl groups is 5. The highest BCUT2D eigenvalue weighted by Gasteiger charge is 2.65. The topological polar surface area (TPSA) is 339 Å². The largest absolute Gasteiger partial charge is 0.508 e. The molecule has 0 aliphatic heterocycles. The number of hydrogen-bond acceptors (Lipinski definition) is 20. The number of likely N-dealkylation sites (N-methyl/N-ethyl adjacent to an activating group) is 2. The molecule has 13 N–H and O–H groups in total. The van der Waals surface area contributed by atoms with Gasteiger partial charge >= 0.3 is 0 Å². The predicted molar refractivity (Wildman–Crippen MR) is 298 cm³/mol. The molecular weight excluding hydrogens is 1030 g/mol. The second-order valence-corrected chi connectivity index (χ2v) is 25.1.